The fraction of sp³-hybridized carbons (Fsp3) is 0.0526. The Morgan fingerprint density at radius 1 is 0.913 bits per heavy atom. The summed E-state index contributed by atoms with van der Waals surface area (Å²) in [5.41, 5.74) is 3.27. The van der Waals surface area contributed by atoms with Gasteiger partial charge in [-0.2, -0.15) is 0 Å². The number of hydrogen-bond donors (Lipinski definition) is 0. The van der Waals surface area contributed by atoms with Crippen LogP contribution >= 0.6 is 0 Å². The van der Waals surface area contributed by atoms with Crippen LogP contribution in [0.5, 0.6) is 0 Å². The number of rotatable bonds is 1. The number of aromatic nitrogens is 4. The highest BCUT2D eigenvalue weighted by Crippen LogP contribution is 2.25. The Labute approximate surface area is 132 Å². The molecule has 0 aliphatic rings. The first-order chi connectivity index (χ1) is 11.3. The van der Waals surface area contributed by atoms with E-state index in [2.05, 4.69) is 45.3 Å². The van der Waals surface area contributed by atoms with Crippen LogP contribution < -0.4 is 0 Å². The fourth-order valence-corrected chi connectivity index (χ4v) is 3.28. The molecule has 110 valence electrons. The highest BCUT2D eigenvalue weighted by Gasteiger charge is 2.15. The van der Waals surface area contributed by atoms with Crippen molar-refractivity contribution in [2.75, 3.05) is 0 Å². The maximum atomic E-state index is 4.81. The van der Waals surface area contributed by atoms with Crippen molar-refractivity contribution in [2.24, 2.45) is 0 Å². The summed E-state index contributed by atoms with van der Waals surface area (Å²) in [7, 11) is 0. The van der Waals surface area contributed by atoms with Crippen LogP contribution in [-0.4, -0.2) is 18.9 Å². The number of para-hydroxylation sites is 2. The Bertz CT molecular complexity index is 1170. The lowest BCUT2D eigenvalue weighted by Crippen LogP contribution is -1.98. The van der Waals surface area contributed by atoms with Gasteiger partial charge in [0.05, 0.1) is 11.0 Å². The topological polar surface area (TPSA) is 35.1 Å². The Morgan fingerprint density at radius 3 is 2.70 bits per heavy atom. The van der Waals surface area contributed by atoms with Crippen LogP contribution in [-0.2, 0) is 0 Å². The number of benzene rings is 2. The molecule has 0 saturated heterocycles. The third-order valence-electron chi connectivity index (χ3n) is 4.31. The molecular formula is C19H14N4. The normalized spacial score (nSPS) is 11.7. The lowest BCUT2D eigenvalue weighted by Gasteiger charge is -2.06. The number of nitrogens with zero attached hydrogens (tertiary/aromatic N) is 4. The Kier molecular flexibility index (Phi) is 2.39. The predicted octanol–water partition coefficient (Wildman–Crippen LogP) is 4.13. The van der Waals surface area contributed by atoms with Gasteiger partial charge >= 0.3 is 0 Å². The van der Waals surface area contributed by atoms with E-state index in [4.69, 9.17) is 4.98 Å². The van der Waals surface area contributed by atoms with E-state index in [1.54, 1.807) is 0 Å². The number of imidazole rings is 2. The first kappa shape index (κ1) is 12.4. The zero-order chi connectivity index (χ0) is 15.4. The van der Waals surface area contributed by atoms with Crippen LogP contribution in [0.2, 0.25) is 0 Å². The molecule has 3 heterocycles. The molecule has 5 aromatic rings. The molecule has 0 aliphatic heterocycles. The van der Waals surface area contributed by atoms with Crippen molar-refractivity contribution in [3.05, 3.63) is 72.7 Å². The standard InChI is InChI=1S/C19H14N4/c1-13-12-22(18-15-7-3-2-6-14(15)10-11-20-18)19-21-16-8-4-5-9-17(16)23(13)19/h2-12H,1H3. The minimum absolute atomic E-state index is 0.896. The second-order valence-corrected chi connectivity index (χ2v) is 5.73. The molecule has 0 aliphatic carbocycles. The average Bonchev–Trinajstić information content (AvgIpc) is 3.12. The van der Waals surface area contributed by atoms with Gasteiger partial charge in [-0.15, -0.1) is 0 Å². The van der Waals surface area contributed by atoms with Crippen molar-refractivity contribution in [3.63, 3.8) is 0 Å². The quantitative estimate of drug-likeness (QED) is 0.466. The molecule has 0 saturated carbocycles. The predicted molar refractivity (Wildman–Crippen MR) is 92.1 cm³/mol. The van der Waals surface area contributed by atoms with Crippen molar-refractivity contribution in [2.45, 2.75) is 6.92 Å². The second-order valence-electron chi connectivity index (χ2n) is 5.73. The number of hydrogen-bond acceptors (Lipinski definition) is 2. The molecule has 0 radical (unpaired) electrons. The van der Waals surface area contributed by atoms with Crippen molar-refractivity contribution >= 4 is 27.6 Å². The van der Waals surface area contributed by atoms with Gasteiger partial charge < -0.3 is 0 Å². The summed E-state index contributed by atoms with van der Waals surface area (Å²) < 4.78 is 4.26. The first-order valence-electron chi connectivity index (χ1n) is 7.62. The maximum Gasteiger partial charge on any atom is 0.221 e. The van der Waals surface area contributed by atoms with Crippen molar-refractivity contribution in [3.8, 4) is 5.82 Å². The lowest BCUT2D eigenvalue weighted by atomic mass is 10.1. The molecular weight excluding hydrogens is 284 g/mol. The largest absolute Gasteiger partial charge is 0.281 e. The summed E-state index contributed by atoms with van der Waals surface area (Å²) in [5, 5.41) is 2.30. The van der Waals surface area contributed by atoms with E-state index < -0.39 is 0 Å². The van der Waals surface area contributed by atoms with Crippen molar-refractivity contribution < 1.29 is 0 Å². The Balaban J connectivity index is 1.93. The highest BCUT2D eigenvalue weighted by atomic mass is 15.2. The maximum absolute atomic E-state index is 4.81. The molecule has 3 aromatic heterocycles. The molecule has 23 heavy (non-hydrogen) atoms. The van der Waals surface area contributed by atoms with E-state index in [1.165, 1.54) is 5.39 Å². The Hall–Kier alpha value is -3.14. The minimum atomic E-state index is 0.896. The van der Waals surface area contributed by atoms with Crippen LogP contribution in [0.15, 0.2) is 67.0 Å². The SMILES string of the molecule is Cc1cn(-c2nccc3ccccc23)c2nc3ccccc3n12. The van der Waals surface area contributed by atoms with Crippen LogP contribution in [0.4, 0.5) is 0 Å². The summed E-state index contributed by atoms with van der Waals surface area (Å²) >= 11 is 0. The van der Waals surface area contributed by atoms with Crippen LogP contribution in [0.3, 0.4) is 0 Å². The van der Waals surface area contributed by atoms with Crippen LogP contribution in [0, 0.1) is 6.92 Å². The molecule has 4 nitrogen and oxygen atoms in total. The number of aryl methyl sites for hydroxylation is 1. The van der Waals surface area contributed by atoms with Gasteiger partial charge in [0.1, 0.15) is 5.82 Å². The summed E-state index contributed by atoms with van der Waals surface area (Å²) in [5.74, 6) is 1.81. The van der Waals surface area contributed by atoms with E-state index in [0.29, 0.717) is 0 Å². The van der Waals surface area contributed by atoms with E-state index in [1.807, 2.05) is 42.6 Å². The lowest BCUT2D eigenvalue weighted by molar-refractivity contribution is 1.03. The van der Waals surface area contributed by atoms with Crippen molar-refractivity contribution in [1.82, 2.24) is 18.9 Å². The number of fused-ring (bicyclic) bond motifs is 4. The third-order valence-corrected chi connectivity index (χ3v) is 4.31. The van der Waals surface area contributed by atoms with E-state index in [0.717, 1.165) is 33.7 Å². The fourth-order valence-electron chi connectivity index (χ4n) is 3.28. The highest BCUT2D eigenvalue weighted by molar-refractivity contribution is 5.89. The third kappa shape index (κ3) is 1.66. The minimum Gasteiger partial charge on any atom is -0.281 e. The van der Waals surface area contributed by atoms with Crippen LogP contribution in [0.1, 0.15) is 5.69 Å². The van der Waals surface area contributed by atoms with Gasteiger partial charge in [-0.3, -0.25) is 8.97 Å². The van der Waals surface area contributed by atoms with Gasteiger partial charge in [0.2, 0.25) is 5.78 Å². The van der Waals surface area contributed by atoms with Gasteiger partial charge in [0.15, 0.2) is 0 Å². The molecule has 0 unspecified atom stereocenters. The van der Waals surface area contributed by atoms with Crippen molar-refractivity contribution in [1.29, 1.82) is 0 Å². The summed E-state index contributed by atoms with van der Waals surface area (Å²) in [6.07, 6.45) is 3.95. The average molecular weight is 298 g/mol. The molecule has 0 fully saturated rings. The van der Waals surface area contributed by atoms with Gasteiger partial charge in [-0.25, -0.2) is 9.97 Å². The zero-order valence-electron chi connectivity index (χ0n) is 12.6. The molecule has 5 rings (SSSR count). The smallest absolute Gasteiger partial charge is 0.221 e. The summed E-state index contributed by atoms with van der Waals surface area (Å²) in [4.78, 5) is 9.43. The number of pyridine rings is 1. The van der Waals surface area contributed by atoms with E-state index >= 15 is 0 Å². The van der Waals surface area contributed by atoms with E-state index in [-0.39, 0.29) is 0 Å². The van der Waals surface area contributed by atoms with Gasteiger partial charge in [0, 0.05) is 23.5 Å². The summed E-state index contributed by atoms with van der Waals surface area (Å²) in [6.45, 7) is 2.10. The molecule has 0 amide bonds. The molecule has 4 heteroatoms. The molecule has 2 aromatic carbocycles. The van der Waals surface area contributed by atoms with Gasteiger partial charge in [-0.1, -0.05) is 36.4 Å². The monoisotopic (exact) mass is 298 g/mol. The zero-order valence-corrected chi connectivity index (χ0v) is 12.6. The van der Waals surface area contributed by atoms with E-state index in [9.17, 15) is 0 Å². The summed E-state index contributed by atoms with van der Waals surface area (Å²) in [6, 6.07) is 18.5. The first-order valence-corrected chi connectivity index (χ1v) is 7.62. The van der Waals surface area contributed by atoms with Crippen LogP contribution in [0.25, 0.3) is 33.4 Å². The molecule has 0 atom stereocenters. The van der Waals surface area contributed by atoms with Gasteiger partial charge in [-0.05, 0) is 30.5 Å². The molecule has 0 bridgehead atoms. The molecule has 0 N–H and O–H groups in total. The Morgan fingerprint density at radius 2 is 1.74 bits per heavy atom. The molecule has 0 spiro atoms. The second kappa shape index (κ2) is 4.43. The van der Waals surface area contributed by atoms with Gasteiger partial charge in [0.25, 0.3) is 0 Å².